The molecule has 138 valence electrons. The normalized spacial score (nSPS) is 19.8. The van der Waals surface area contributed by atoms with Crippen LogP contribution in [0.1, 0.15) is 65.1 Å². The summed E-state index contributed by atoms with van der Waals surface area (Å²) < 4.78 is 5.44. The van der Waals surface area contributed by atoms with Crippen molar-refractivity contribution in [1.82, 2.24) is 24.9 Å². The van der Waals surface area contributed by atoms with E-state index in [0.29, 0.717) is 12.2 Å². The molecule has 0 bridgehead atoms. The standard InChI is InChI=1S/C19H25N5O2/c1-23(2)12-13-9-10-20-18(21-13)15-7-5-11-24(15)19(25)17-14-6-3-4-8-16(14)26-22-17/h9-10,15H,3-8,11-12H2,1-2H3. The SMILES string of the molecule is CN(C)Cc1ccnc(C2CCCN2C(=O)c2noc3c2CCCC3)n1. The van der Waals surface area contributed by atoms with E-state index in [0.717, 1.165) is 67.9 Å². The second-order valence-corrected chi connectivity index (χ2v) is 7.44. The Morgan fingerprint density at radius 1 is 1.31 bits per heavy atom. The van der Waals surface area contributed by atoms with E-state index in [4.69, 9.17) is 9.51 Å². The molecule has 1 amide bonds. The van der Waals surface area contributed by atoms with Crippen LogP contribution in [0.15, 0.2) is 16.8 Å². The Hall–Kier alpha value is -2.28. The fraction of sp³-hybridized carbons (Fsp3) is 0.579. The zero-order valence-corrected chi connectivity index (χ0v) is 15.4. The fourth-order valence-corrected chi connectivity index (χ4v) is 3.95. The number of likely N-dealkylation sites (tertiary alicyclic amines) is 1. The first kappa shape index (κ1) is 17.1. The highest BCUT2D eigenvalue weighted by Crippen LogP contribution is 2.33. The van der Waals surface area contributed by atoms with Crippen LogP contribution in [0.4, 0.5) is 0 Å². The van der Waals surface area contributed by atoms with Crippen LogP contribution < -0.4 is 0 Å². The van der Waals surface area contributed by atoms with E-state index in [9.17, 15) is 4.79 Å². The van der Waals surface area contributed by atoms with Crippen molar-refractivity contribution in [2.24, 2.45) is 0 Å². The van der Waals surface area contributed by atoms with Gasteiger partial charge in [0.25, 0.3) is 5.91 Å². The molecule has 0 radical (unpaired) electrons. The molecule has 0 N–H and O–H groups in total. The molecule has 2 aromatic rings. The molecule has 1 aliphatic heterocycles. The molecule has 1 atom stereocenters. The molecule has 0 saturated carbocycles. The zero-order chi connectivity index (χ0) is 18.1. The minimum Gasteiger partial charge on any atom is -0.360 e. The third-order valence-corrected chi connectivity index (χ3v) is 5.17. The van der Waals surface area contributed by atoms with Crippen LogP contribution in [0.2, 0.25) is 0 Å². The number of fused-ring (bicyclic) bond motifs is 1. The second kappa shape index (κ2) is 7.15. The van der Waals surface area contributed by atoms with Crippen LogP contribution in [-0.4, -0.2) is 51.5 Å². The van der Waals surface area contributed by atoms with E-state index in [1.165, 1.54) is 0 Å². The molecule has 1 unspecified atom stereocenters. The molecule has 26 heavy (non-hydrogen) atoms. The minimum atomic E-state index is -0.0828. The number of nitrogens with zero attached hydrogens (tertiary/aromatic N) is 5. The van der Waals surface area contributed by atoms with Gasteiger partial charge < -0.3 is 14.3 Å². The molecular formula is C19H25N5O2. The minimum absolute atomic E-state index is 0.0407. The summed E-state index contributed by atoms with van der Waals surface area (Å²) in [6, 6.07) is 1.85. The summed E-state index contributed by atoms with van der Waals surface area (Å²) in [5.41, 5.74) is 2.48. The summed E-state index contributed by atoms with van der Waals surface area (Å²) in [7, 11) is 4.03. The van der Waals surface area contributed by atoms with Gasteiger partial charge in [-0.2, -0.15) is 0 Å². The van der Waals surface area contributed by atoms with E-state index in [2.05, 4.69) is 15.0 Å². The lowest BCUT2D eigenvalue weighted by molar-refractivity contribution is 0.0718. The maximum Gasteiger partial charge on any atom is 0.276 e. The van der Waals surface area contributed by atoms with Crippen LogP contribution in [0, 0.1) is 0 Å². The van der Waals surface area contributed by atoms with Gasteiger partial charge in [0, 0.05) is 31.3 Å². The van der Waals surface area contributed by atoms with Crippen LogP contribution in [0.5, 0.6) is 0 Å². The van der Waals surface area contributed by atoms with Crippen LogP contribution in [0.3, 0.4) is 0 Å². The Morgan fingerprint density at radius 3 is 3.00 bits per heavy atom. The smallest absolute Gasteiger partial charge is 0.276 e. The summed E-state index contributed by atoms with van der Waals surface area (Å²) in [5, 5.41) is 4.11. The van der Waals surface area contributed by atoms with Gasteiger partial charge in [-0.05, 0) is 52.3 Å². The molecule has 4 rings (SSSR count). The number of hydrogen-bond acceptors (Lipinski definition) is 6. The summed E-state index contributed by atoms with van der Waals surface area (Å²) in [6.07, 6.45) is 7.60. The molecule has 2 aromatic heterocycles. The van der Waals surface area contributed by atoms with E-state index >= 15 is 0 Å². The van der Waals surface area contributed by atoms with Gasteiger partial charge >= 0.3 is 0 Å². The molecule has 1 aliphatic carbocycles. The molecule has 1 saturated heterocycles. The number of rotatable bonds is 4. The van der Waals surface area contributed by atoms with Crippen molar-refractivity contribution in [3.63, 3.8) is 0 Å². The highest BCUT2D eigenvalue weighted by molar-refractivity contribution is 5.94. The second-order valence-electron chi connectivity index (χ2n) is 7.44. The quantitative estimate of drug-likeness (QED) is 0.838. The van der Waals surface area contributed by atoms with Crippen LogP contribution >= 0.6 is 0 Å². The average Bonchev–Trinajstić information content (AvgIpc) is 3.28. The Kier molecular flexibility index (Phi) is 4.72. The van der Waals surface area contributed by atoms with Crippen LogP contribution in [0.25, 0.3) is 0 Å². The molecule has 1 fully saturated rings. The maximum atomic E-state index is 13.2. The van der Waals surface area contributed by atoms with Gasteiger partial charge in [0.15, 0.2) is 11.5 Å². The Bertz CT molecular complexity index is 801. The number of carbonyl (C=O) groups is 1. The summed E-state index contributed by atoms with van der Waals surface area (Å²) in [5.74, 6) is 1.58. The van der Waals surface area contributed by atoms with Crippen molar-refractivity contribution in [2.45, 2.75) is 51.1 Å². The maximum absolute atomic E-state index is 13.2. The van der Waals surface area contributed by atoms with Crippen molar-refractivity contribution in [1.29, 1.82) is 0 Å². The summed E-state index contributed by atoms with van der Waals surface area (Å²) in [4.78, 5) is 26.3. The Labute approximate surface area is 153 Å². The first-order chi connectivity index (χ1) is 12.6. The molecular weight excluding hydrogens is 330 g/mol. The van der Waals surface area contributed by atoms with Crippen molar-refractivity contribution in [3.05, 3.63) is 40.8 Å². The third-order valence-electron chi connectivity index (χ3n) is 5.17. The van der Waals surface area contributed by atoms with E-state index in [-0.39, 0.29) is 11.9 Å². The highest BCUT2D eigenvalue weighted by Gasteiger charge is 2.36. The number of carbonyl (C=O) groups excluding carboxylic acids is 1. The lowest BCUT2D eigenvalue weighted by atomic mass is 9.96. The number of amides is 1. The molecule has 0 aromatic carbocycles. The number of aryl methyl sites for hydroxylation is 1. The van der Waals surface area contributed by atoms with Gasteiger partial charge in [-0.1, -0.05) is 5.16 Å². The van der Waals surface area contributed by atoms with Crippen molar-refractivity contribution in [3.8, 4) is 0 Å². The predicted octanol–water partition coefficient (Wildman–Crippen LogP) is 2.38. The van der Waals surface area contributed by atoms with E-state index < -0.39 is 0 Å². The van der Waals surface area contributed by atoms with Crippen molar-refractivity contribution < 1.29 is 9.32 Å². The molecule has 7 heteroatoms. The number of aromatic nitrogens is 3. The Balaban J connectivity index is 1.59. The van der Waals surface area contributed by atoms with Gasteiger partial charge in [-0.3, -0.25) is 4.79 Å². The van der Waals surface area contributed by atoms with E-state index in [1.54, 1.807) is 6.20 Å². The topological polar surface area (TPSA) is 75.4 Å². The monoisotopic (exact) mass is 355 g/mol. The lowest BCUT2D eigenvalue weighted by Gasteiger charge is -2.23. The zero-order valence-electron chi connectivity index (χ0n) is 15.4. The van der Waals surface area contributed by atoms with E-state index in [1.807, 2.05) is 25.1 Å². The summed E-state index contributed by atoms with van der Waals surface area (Å²) >= 11 is 0. The molecule has 0 spiro atoms. The number of hydrogen-bond donors (Lipinski definition) is 0. The van der Waals surface area contributed by atoms with Gasteiger partial charge in [-0.15, -0.1) is 0 Å². The average molecular weight is 355 g/mol. The summed E-state index contributed by atoms with van der Waals surface area (Å²) in [6.45, 7) is 1.47. The van der Waals surface area contributed by atoms with Crippen molar-refractivity contribution >= 4 is 5.91 Å². The molecule has 7 nitrogen and oxygen atoms in total. The van der Waals surface area contributed by atoms with Gasteiger partial charge in [0.1, 0.15) is 5.76 Å². The van der Waals surface area contributed by atoms with Crippen LogP contribution in [-0.2, 0) is 19.4 Å². The predicted molar refractivity (Wildman–Crippen MR) is 95.6 cm³/mol. The first-order valence-corrected chi connectivity index (χ1v) is 9.38. The molecule has 2 aliphatic rings. The largest absolute Gasteiger partial charge is 0.360 e. The highest BCUT2D eigenvalue weighted by atomic mass is 16.5. The fourth-order valence-electron chi connectivity index (χ4n) is 3.95. The molecule has 3 heterocycles. The third kappa shape index (κ3) is 3.23. The van der Waals surface area contributed by atoms with Crippen molar-refractivity contribution in [2.75, 3.05) is 20.6 Å². The van der Waals surface area contributed by atoms with Gasteiger partial charge in [0.2, 0.25) is 0 Å². The van der Waals surface area contributed by atoms with Gasteiger partial charge in [0.05, 0.1) is 11.7 Å². The Morgan fingerprint density at radius 2 is 2.15 bits per heavy atom. The first-order valence-electron chi connectivity index (χ1n) is 9.38. The van der Waals surface area contributed by atoms with Gasteiger partial charge in [-0.25, -0.2) is 9.97 Å². The lowest BCUT2D eigenvalue weighted by Crippen LogP contribution is -2.32.